The highest BCUT2D eigenvalue weighted by molar-refractivity contribution is 5.85. The van der Waals surface area contributed by atoms with Crippen molar-refractivity contribution < 1.29 is 4.74 Å². The van der Waals surface area contributed by atoms with Crippen LogP contribution in [0.3, 0.4) is 0 Å². The Morgan fingerprint density at radius 1 is 1.18 bits per heavy atom. The number of ether oxygens (including phenoxy) is 1. The zero-order chi connectivity index (χ0) is 11.6. The lowest BCUT2D eigenvalue weighted by Crippen LogP contribution is -2.14. The van der Waals surface area contributed by atoms with Gasteiger partial charge in [0.15, 0.2) is 0 Å². The Morgan fingerprint density at radius 3 is 2.71 bits per heavy atom. The van der Waals surface area contributed by atoms with Crippen molar-refractivity contribution in [1.82, 2.24) is 5.32 Å². The van der Waals surface area contributed by atoms with E-state index in [4.69, 9.17) is 4.74 Å². The van der Waals surface area contributed by atoms with Crippen LogP contribution in [0.1, 0.15) is 38.7 Å². The maximum atomic E-state index is 5.46. The first kappa shape index (κ1) is 16.3. The van der Waals surface area contributed by atoms with Crippen LogP contribution in [-0.4, -0.2) is 13.2 Å². The second-order valence-electron chi connectivity index (χ2n) is 3.96. The lowest BCUT2D eigenvalue weighted by molar-refractivity contribution is 0.340. The minimum absolute atomic E-state index is 0. The largest absolute Gasteiger partial charge is 0.494 e. The molecule has 0 heterocycles. The summed E-state index contributed by atoms with van der Waals surface area (Å²) in [6, 6.07) is 8.30. The van der Waals surface area contributed by atoms with Gasteiger partial charge in [-0.25, -0.2) is 0 Å². The molecule has 0 amide bonds. The van der Waals surface area contributed by atoms with Crippen LogP contribution in [-0.2, 0) is 6.54 Å². The average Bonchev–Trinajstić information content (AvgIpc) is 2.30. The van der Waals surface area contributed by atoms with Crippen LogP contribution in [0, 0.1) is 0 Å². The molecule has 2 nitrogen and oxygen atoms in total. The normalized spacial score (nSPS) is 9.76. The van der Waals surface area contributed by atoms with Gasteiger partial charge in [0.05, 0.1) is 6.61 Å². The third kappa shape index (κ3) is 7.24. The van der Waals surface area contributed by atoms with E-state index >= 15 is 0 Å². The minimum Gasteiger partial charge on any atom is -0.494 e. The molecule has 0 aliphatic rings. The maximum Gasteiger partial charge on any atom is 0.119 e. The third-order valence-corrected chi connectivity index (χ3v) is 2.50. The van der Waals surface area contributed by atoms with Crippen LogP contribution in [0.25, 0.3) is 0 Å². The Labute approximate surface area is 111 Å². The standard InChI is InChI=1S/C14H23NO.ClH/c1-3-5-6-10-15-12-13-8-7-9-14(11-13)16-4-2;/h7-9,11,15H,3-6,10,12H2,1-2H3;1H. The molecular formula is C14H24ClNO. The summed E-state index contributed by atoms with van der Waals surface area (Å²) in [7, 11) is 0. The second kappa shape index (κ2) is 10.4. The molecule has 0 unspecified atom stereocenters. The van der Waals surface area contributed by atoms with E-state index in [0.29, 0.717) is 0 Å². The number of hydrogen-bond donors (Lipinski definition) is 1. The highest BCUT2D eigenvalue weighted by Gasteiger charge is 1.95. The predicted molar refractivity (Wildman–Crippen MR) is 76.1 cm³/mol. The first-order valence-corrected chi connectivity index (χ1v) is 6.29. The zero-order valence-electron chi connectivity index (χ0n) is 10.9. The molecule has 0 saturated heterocycles. The van der Waals surface area contributed by atoms with Crippen molar-refractivity contribution in [1.29, 1.82) is 0 Å². The summed E-state index contributed by atoms with van der Waals surface area (Å²) in [5.74, 6) is 0.968. The molecule has 1 aromatic carbocycles. The lowest BCUT2D eigenvalue weighted by atomic mass is 10.2. The molecule has 0 atom stereocenters. The van der Waals surface area contributed by atoms with Gasteiger partial charge in [0, 0.05) is 6.54 Å². The molecule has 0 fully saturated rings. The Hall–Kier alpha value is -0.730. The first-order chi connectivity index (χ1) is 7.86. The van der Waals surface area contributed by atoms with E-state index in [1.54, 1.807) is 0 Å². The molecule has 0 saturated carbocycles. The van der Waals surface area contributed by atoms with Crippen molar-refractivity contribution >= 4 is 12.4 Å². The predicted octanol–water partition coefficient (Wildman–Crippen LogP) is 3.79. The maximum absolute atomic E-state index is 5.46. The summed E-state index contributed by atoms with van der Waals surface area (Å²) in [4.78, 5) is 0. The third-order valence-electron chi connectivity index (χ3n) is 2.50. The summed E-state index contributed by atoms with van der Waals surface area (Å²) >= 11 is 0. The molecular weight excluding hydrogens is 234 g/mol. The van der Waals surface area contributed by atoms with Gasteiger partial charge in [-0.2, -0.15) is 0 Å². The van der Waals surface area contributed by atoms with Gasteiger partial charge in [-0.15, -0.1) is 12.4 Å². The molecule has 0 aromatic heterocycles. The number of rotatable bonds is 8. The Morgan fingerprint density at radius 2 is 2.00 bits per heavy atom. The van der Waals surface area contributed by atoms with Gasteiger partial charge in [0.1, 0.15) is 5.75 Å². The van der Waals surface area contributed by atoms with Crippen molar-refractivity contribution in [2.45, 2.75) is 39.7 Å². The van der Waals surface area contributed by atoms with E-state index < -0.39 is 0 Å². The SMILES string of the molecule is CCCCCNCc1cccc(OCC)c1.Cl. The number of benzene rings is 1. The average molecular weight is 258 g/mol. The number of nitrogens with one attached hydrogen (secondary N) is 1. The van der Waals surface area contributed by atoms with Crippen LogP contribution < -0.4 is 10.1 Å². The molecule has 98 valence electrons. The quantitative estimate of drug-likeness (QED) is 0.716. The Balaban J connectivity index is 0.00000256. The molecule has 1 rings (SSSR count). The Kier molecular flexibility index (Phi) is 9.98. The molecule has 0 bridgehead atoms. The van der Waals surface area contributed by atoms with Gasteiger partial charge in [0.2, 0.25) is 0 Å². The molecule has 17 heavy (non-hydrogen) atoms. The fraction of sp³-hybridized carbons (Fsp3) is 0.571. The van der Waals surface area contributed by atoms with Crippen molar-refractivity contribution in [3.8, 4) is 5.75 Å². The Bertz CT molecular complexity index is 291. The van der Waals surface area contributed by atoms with Crippen molar-refractivity contribution in [2.24, 2.45) is 0 Å². The summed E-state index contributed by atoms with van der Waals surface area (Å²) in [6.07, 6.45) is 3.86. The monoisotopic (exact) mass is 257 g/mol. The van der Waals surface area contributed by atoms with E-state index in [0.717, 1.165) is 25.4 Å². The molecule has 3 heteroatoms. The lowest BCUT2D eigenvalue weighted by Gasteiger charge is -2.07. The van der Waals surface area contributed by atoms with Crippen molar-refractivity contribution in [3.63, 3.8) is 0 Å². The summed E-state index contributed by atoms with van der Waals surface area (Å²) in [5, 5.41) is 3.45. The fourth-order valence-electron chi connectivity index (χ4n) is 1.64. The van der Waals surface area contributed by atoms with Gasteiger partial charge >= 0.3 is 0 Å². The van der Waals surface area contributed by atoms with E-state index in [-0.39, 0.29) is 12.4 Å². The van der Waals surface area contributed by atoms with Crippen LogP contribution >= 0.6 is 12.4 Å². The minimum atomic E-state index is 0. The summed E-state index contributed by atoms with van der Waals surface area (Å²) in [5.41, 5.74) is 1.29. The zero-order valence-corrected chi connectivity index (χ0v) is 11.7. The smallest absolute Gasteiger partial charge is 0.119 e. The number of hydrogen-bond acceptors (Lipinski definition) is 2. The molecule has 1 N–H and O–H groups in total. The van der Waals surface area contributed by atoms with Crippen molar-refractivity contribution in [3.05, 3.63) is 29.8 Å². The van der Waals surface area contributed by atoms with Crippen LogP contribution in [0.2, 0.25) is 0 Å². The number of unbranched alkanes of at least 4 members (excludes halogenated alkanes) is 2. The van der Waals surface area contributed by atoms with E-state index in [1.165, 1.54) is 24.8 Å². The molecule has 0 aliphatic heterocycles. The van der Waals surface area contributed by atoms with Crippen LogP contribution in [0.5, 0.6) is 5.75 Å². The van der Waals surface area contributed by atoms with Crippen LogP contribution in [0.15, 0.2) is 24.3 Å². The molecule has 0 spiro atoms. The summed E-state index contributed by atoms with van der Waals surface area (Å²) < 4.78 is 5.46. The first-order valence-electron chi connectivity index (χ1n) is 6.29. The van der Waals surface area contributed by atoms with Gasteiger partial charge < -0.3 is 10.1 Å². The highest BCUT2D eigenvalue weighted by atomic mass is 35.5. The summed E-state index contributed by atoms with van der Waals surface area (Å²) in [6.45, 7) is 7.01. The van der Waals surface area contributed by atoms with Gasteiger partial charge in [-0.3, -0.25) is 0 Å². The molecule has 0 aliphatic carbocycles. The molecule has 1 aromatic rings. The van der Waals surface area contributed by atoms with E-state index in [2.05, 4.69) is 24.4 Å². The second-order valence-corrected chi connectivity index (χ2v) is 3.96. The van der Waals surface area contributed by atoms with E-state index in [1.807, 2.05) is 19.1 Å². The topological polar surface area (TPSA) is 21.3 Å². The highest BCUT2D eigenvalue weighted by Crippen LogP contribution is 2.12. The van der Waals surface area contributed by atoms with Gasteiger partial charge in [-0.1, -0.05) is 31.9 Å². The van der Waals surface area contributed by atoms with Crippen LogP contribution in [0.4, 0.5) is 0 Å². The van der Waals surface area contributed by atoms with Gasteiger partial charge in [0.25, 0.3) is 0 Å². The fourth-order valence-corrected chi connectivity index (χ4v) is 1.64. The molecule has 0 radical (unpaired) electrons. The van der Waals surface area contributed by atoms with Gasteiger partial charge in [-0.05, 0) is 37.6 Å². The van der Waals surface area contributed by atoms with Crippen molar-refractivity contribution in [2.75, 3.05) is 13.2 Å². The van der Waals surface area contributed by atoms with E-state index in [9.17, 15) is 0 Å². The number of halogens is 1.